The monoisotopic (exact) mass is 433 g/mol. The number of thiazole rings is 1. The summed E-state index contributed by atoms with van der Waals surface area (Å²) in [5, 5.41) is 7.50. The number of aryl methyl sites for hydroxylation is 1. The summed E-state index contributed by atoms with van der Waals surface area (Å²) in [7, 11) is 1.67. The molecule has 0 spiro atoms. The van der Waals surface area contributed by atoms with Crippen molar-refractivity contribution >= 4 is 22.9 Å². The summed E-state index contributed by atoms with van der Waals surface area (Å²) in [6.07, 6.45) is 3.90. The van der Waals surface area contributed by atoms with Gasteiger partial charge < -0.3 is 9.64 Å². The molecule has 1 fully saturated rings. The third-order valence-corrected chi connectivity index (χ3v) is 6.44. The molecule has 4 heterocycles. The van der Waals surface area contributed by atoms with Gasteiger partial charge >= 0.3 is 0 Å². The first-order chi connectivity index (χ1) is 15.1. The second-order valence-electron chi connectivity index (χ2n) is 7.76. The number of piperidine rings is 1. The lowest BCUT2D eigenvalue weighted by Gasteiger charge is -2.30. The molecule has 1 aliphatic heterocycles. The van der Waals surface area contributed by atoms with Crippen LogP contribution in [-0.2, 0) is 0 Å². The molecule has 7 nitrogen and oxygen atoms in total. The van der Waals surface area contributed by atoms with E-state index in [-0.39, 0.29) is 11.8 Å². The molecule has 1 amide bonds. The number of rotatable bonds is 4. The maximum absolute atomic E-state index is 12.8. The molecule has 0 aliphatic carbocycles. The normalized spacial score (nSPS) is 16.6. The van der Waals surface area contributed by atoms with Gasteiger partial charge in [0.05, 0.1) is 12.1 Å². The predicted molar refractivity (Wildman–Crippen MR) is 120 cm³/mol. The Balaban J connectivity index is 1.39. The van der Waals surface area contributed by atoms with Gasteiger partial charge in [-0.3, -0.25) is 4.79 Å². The maximum Gasteiger partial charge on any atom is 0.273 e. The van der Waals surface area contributed by atoms with Crippen molar-refractivity contribution in [2.45, 2.75) is 25.7 Å². The van der Waals surface area contributed by atoms with Crippen LogP contribution in [0.3, 0.4) is 0 Å². The van der Waals surface area contributed by atoms with E-state index in [4.69, 9.17) is 14.8 Å². The molecule has 1 aliphatic rings. The molecule has 0 N–H and O–H groups in total. The number of hydrogen-bond donors (Lipinski definition) is 0. The van der Waals surface area contributed by atoms with E-state index in [1.165, 1.54) is 11.3 Å². The topological polar surface area (TPSA) is 72.6 Å². The Morgan fingerprint density at radius 1 is 1.19 bits per heavy atom. The summed E-state index contributed by atoms with van der Waals surface area (Å²) in [4.78, 5) is 23.8. The Morgan fingerprint density at radius 3 is 2.90 bits per heavy atom. The molecule has 1 aromatic carbocycles. The van der Waals surface area contributed by atoms with Crippen LogP contribution in [0, 0.1) is 6.92 Å². The number of pyridine rings is 1. The van der Waals surface area contributed by atoms with Crippen LogP contribution >= 0.6 is 11.3 Å². The van der Waals surface area contributed by atoms with Gasteiger partial charge in [0.1, 0.15) is 11.4 Å². The van der Waals surface area contributed by atoms with Crippen LogP contribution in [0.25, 0.3) is 16.8 Å². The Hall–Kier alpha value is -3.26. The van der Waals surface area contributed by atoms with Crippen molar-refractivity contribution in [2.75, 3.05) is 20.2 Å². The summed E-state index contributed by atoms with van der Waals surface area (Å²) in [5.41, 5.74) is 3.45. The van der Waals surface area contributed by atoms with Crippen molar-refractivity contribution in [3.8, 4) is 16.9 Å². The highest BCUT2D eigenvalue weighted by atomic mass is 32.1. The largest absolute Gasteiger partial charge is 0.497 e. The summed E-state index contributed by atoms with van der Waals surface area (Å²) in [5.74, 6) is 1.73. The number of nitrogens with zero attached hydrogens (tertiary/aromatic N) is 5. The minimum atomic E-state index is -0.00174. The first-order valence-corrected chi connectivity index (χ1v) is 11.2. The molecule has 158 valence electrons. The SMILES string of the molecule is COc1cccc(-c2ccc3nc(C4CCCN(C(=O)c5csc(C)n5)C4)nn3c2)c1. The first kappa shape index (κ1) is 19.7. The second kappa shape index (κ2) is 8.11. The zero-order valence-corrected chi connectivity index (χ0v) is 18.3. The van der Waals surface area contributed by atoms with Crippen LogP contribution in [0.1, 0.15) is 40.1 Å². The van der Waals surface area contributed by atoms with Crippen LogP contribution in [-0.4, -0.2) is 50.6 Å². The molecule has 3 aromatic heterocycles. The Labute approximate surface area is 184 Å². The number of ether oxygens (including phenoxy) is 1. The van der Waals surface area contributed by atoms with E-state index in [0.29, 0.717) is 12.2 Å². The van der Waals surface area contributed by atoms with Gasteiger partial charge in [-0.2, -0.15) is 5.10 Å². The fraction of sp³-hybridized carbons (Fsp3) is 0.304. The number of hydrogen-bond acceptors (Lipinski definition) is 6. The summed E-state index contributed by atoms with van der Waals surface area (Å²) >= 11 is 1.50. The Kier molecular flexibility index (Phi) is 5.15. The molecule has 0 saturated carbocycles. The van der Waals surface area contributed by atoms with Crippen molar-refractivity contribution in [1.29, 1.82) is 0 Å². The first-order valence-electron chi connectivity index (χ1n) is 10.3. The molecule has 31 heavy (non-hydrogen) atoms. The number of benzene rings is 1. The van der Waals surface area contributed by atoms with E-state index in [2.05, 4.69) is 4.98 Å². The van der Waals surface area contributed by atoms with E-state index in [1.54, 1.807) is 7.11 Å². The van der Waals surface area contributed by atoms with Gasteiger partial charge in [-0.05, 0) is 49.6 Å². The lowest BCUT2D eigenvalue weighted by atomic mass is 9.97. The van der Waals surface area contributed by atoms with Gasteiger partial charge in [-0.1, -0.05) is 12.1 Å². The zero-order valence-electron chi connectivity index (χ0n) is 17.5. The molecule has 8 heteroatoms. The molecule has 1 unspecified atom stereocenters. The van der Waals surface area contributed by atoms with Gasteiger partial charge in [0.25, 0.3) is 5.91 Å². The quantitative estimate of drug-likeness (QED) is 0.483. The summed E-state index contributed by atoms with van der Waals surface area (Å²) in [6.45, 7) is 3.29. The van der Waals surface area contributed by atoms with Crippen molar-refractivity contribution in [1.82, 2.24) is 24.5 Å². The van der Waals surface area contributed by atoms with Crippen molar-refractivity contribution < 1.29 is 9.53 Å². The predicted octanol–water partition coefficient (Wildman–Crippen LogP) is 4.19. The standard InChI is InChI=1S/C23H23N5O2S/c1-15-24-20(14-31-15)23(29)27-10-4-6-18(12-27)22-25-21-9-8-17(13-28(21)26-22)16-5-3-7-19(11-16)30-2/h3,5,7-9,11,13-14,18H,4,6,10,12H2,1-2H3. The fourth-order valence-electron chi connectivity index (χ4n) is 4.04. The fourth-order valence-corrected chi connectivity index (χ4v) is 4.63. The highest BCUT2D eigenvalue weighted by molar-refractivity contribution is 7.09. The van der Waals surface area contributed by atoms with Crippen LogP contribution < -0.4 is 4.74 Å². The van der Waals surface area contributed by atoms with E-state index < -0.39 is 0 Å². The number of aromatic nitrogens is 4. The van der Waals surface area contributed by atoms with Crippen molar-refractivity contribution in [2.24, 2.45) is 0 Å². The summed E-state index contributed by atoms with van der Waals surface area (Å²) < 4.78 is 7.17. The average Bonchev–Trinajstić information content (AvgIpc) is 3.44. The van der Waals surface area contributed by atoms with E-state index in [9.17, 15) is 4.79 Å². The lowest BCUT2D eigenvalue weighted by Crippen LogP contribution is -2.39. The molecular weight excluding hydrogens is 410 g/mol. The van der Waals surface area contributed by atoms with Gasteiger partial charge in [-0.15, -0.1) is 11.3 Å². The summed E-state index contributed by atoms with van der Waals surface area (Å²) in [6, 6.07) is 12.0. The molecular formula is C23H23N5O2S. The highest BCUT2D eigenvalue weighted by Gasteiger charge is 2.29. The molecule has 5 rings (SSSR count). The highest BCUT2D eigenvalue weighted by Crippen LogP contribution is 2.28. The van der Waals surface area contributed by atoms with E-state index in [0.717, 1.165) is 52.7 Å². The molecule has 0 bridgehead atoms. The average molecular weight is 434 g/mol. The van der Waals surface area contributed by atoms with Crippen LogP contribution in [0.2, 0.25) is 0 Å². The molecule has 1 atom stereocenters. The van der Waals surface area contributed by atoms with E-state index >= 15 is 0 Å². The number of fused-ring (bicyclic) bond motifs is 1. The number of carbonyl (C=O) groups is 1. The minimum absolute atomic E-state index is 0.00174. The van der Waals surface area contributed by atoms with Gasteiger partial charge in [-0.25, -0.2) is 14.5 Å². The second-order valence-corrected chi connectivity index (χ2v) is 8.83. The van der Waals surface area contributed by atoms with Crippen LogP contribution in [0.5, 0.6) is 5.75 Å². The maximum atomic E-state index is 12.8. The van der Waals surface area contributed by atoms with Crippen LogP contribution in [0.4, 0.5) is 0 Å². The number of likely N-dealkylation sites (tertiary alicyclic amines) is 1. The number of carbonyl (C=O) groups excluding carboxylic acids is 1. The van der Waals surface area contributed by atoms with Crippen molar-refractivity contribution in [3.63, 3.8) is 0 Å². The lowest BCUT2D eigenvalue weighted by molar-refractivity contribution is 0.0699. The Morgan fingerprint density at radius 2 is 2.10 bits per heavy atom. The van der Waals surface area contributed by atoms with E-state index in [1.807, 2.05) is 64.3 Å². The number of amides is 1. The van der Waals surface area contributed by atoms with Crippen molar-refractivity contribution in [3.05, 3.63) is 64.5 Å². The third kappa shape index (κ3) is 3.90. The zero-order chi connectivity index (χ0) is 21.4. The minimum Gasteiger partial charge on any atom is -0.497 e. The van der Waals surface area contributed by atoms with Gasteiger partial charge in [0.2, 0.25) is 0 Å². The molecule has 4 aromatic rings. The Bertz CT molecular complexity index is 1250. The third-order valence-electron chi connectivity index (χ3n) is 5.66. The molecule has 1 saturated heterocycles. The molecule has 0 radical (unpaired) electrons. The van der Waals surface area contributed by atoms with Gasteiger partial charge in [0.15, 0.2) is 11.5 Å². The van der Waals surface area contributed by atoms with Crippen LogP contribution in [0.15, 0.2) is 48.0 Å². The smallest absolute Gasteiger partial charge is 0.273 e. The number of methoxy groups -OCH3 is 1. The van der Waals surface area contributed by atoms with Gasteiger partial charge in [0, 0.05) is 36.1 Å².